The van der Waals surface area contributed by atoms with Gasteiger partial charge in [-0.1, -0.05) is 6.92 Å². The molecule has 2 fully saturated rings. The number of rotatable bonds is 4. The zero-order valence-electron chi connectivity index (χ0n) is 13.2. The van der Waals surface area contributed by atoms with Crippen LogP contribution in [0.1, 0.15) is 26.2 Å². The van der Waals surface area contributed by atoms with Crippen molar-refractivity contribution in [1.29, 1.82) is 0 Å². The van der Waals surface area contributed by atoms with Gasteiger partial charge in [-0.05, 0) is 44.7 Å². The predicted octanol–water partition coefficient (Wildman–Crippen LogP) is 1.40. The minimum absolute atomic E-state index is 0.110. The summed E-state index contributed by atoms with van der Waals surface area (Å²) in [4.78, 5) is 16.5. The lowest BCUT2D eigenvalue weighted by Gasteiger charge is -2.38. The number of nitrogens with zero attached hydrogens (tertiary/aromatic N) is 2. The highest BCUT2D eigenvalue weighted by atomic mass is 16.5. The van der Waals surface area contributed by atoms with Crippen molar-refractivity contribution in [3.63, 3.8) is 0 Å². The van der Waals surface area contributed by atoms with Gasteiger partial charge in [-0.2, -0.15) is 0 Å². The molecule has 116 valence electrons. The third-order valence-electron chi connectivity index (χ3n) is 4.70. The van der Waals surface area contributed by atoms with E-state index in [9.17, 15) is 4.79 Å². The number of likely N-dealkylation sites (tertiary alicyclic amines) is 1. The smallest absolute Gasteiger partial charge is 0.317 e. The van der Waals surface area contributed by atoms with Crippen LogP contribution in [0.3, 0.4) is 0 Å². The number of carbonyl (C=O) groups excluding carboxylic acids is 1. The zero-order valence-corrected chi connectivity index (χ0v) is 13.2. The Morgan fingerprint density at radius 3 is 2.70 bits per heavy atom. The number of urea groups is 1. The zero-order chi connectivity index (χ0) is 14.6. The Bertz CT molecular complexity index is 327. The second kappa shape index (κ2) is 6.76. The van der Waals surface area contributed by atoms with Crippen molar-refractivity contribution in [3.8, 4) is 0 Å². The second-order valence-electron chi connectivity index (χ2n) is 6.55. The first-order chi connectivity index (χ1) is 9.57. The summed E-state index contributed by atoms with van der Waals surface area (Å²) in [6, 6.07) is 0.110. The van der Waals surface area contributed by atoms with Gasteiger partial charge >= 0.3 is 6.03 Å². The number of hydrogen-bond acceptors (Lipinski definition) is 3. The molecule has 2 aliphatic heterocycles. The van der Waals surface area contributed by atoms with Crippen molar-refractivity contribution in [1.82, 2.24) is 15.1 Å². The summed E-state index contributed by atoms with van der Waals surface area (Å²) >= 11 is 0. The highest BCUT2D eigenvalue weighted by Crippen LogP contribution is 2.44. The van der Waals surface area contributed by atoms with Gasteiger partial charge in [0.2, 0.25) is 0 Å². The van der Waals surface area contributed by atoms with E-state index < -0.39 is 0 Å². The Balaban J connectivity index is 2.03. The molecule has 2 rings (SSSR count). The topological polar surface area (TPSA) is 44.8 Å². The Morgan fingerprint density at radius 2 is 2.10 bits per heavy atom. The van der Waals surface area contributed by atoms with E-state index >= 15 is 0 Å². The number of hydrogen-bond donors (Lipinski definition) is 1. The largest absolute Gasteiger partial charge is 0.381 e. The number of ether oxygens (including phenoxy) is 1. The number of nitrogens with one attached hydrogen (secondary N) is 1. The quantitative estimate of drug-likeness (QED) is 0.848. The first-order valence-corrected chi connectivity index (χ1v) is 7.82. The molecule has 1 spiro atoms. The minimum Gasteiger partial charge on any atom is -0.381 e. The lowest BCUT2D eigenvalue weighted by atomic mass is 9.72. The third kappa shape index (κ3) is 3.44. The number of carbonyl (C=O) groups is 1. The van der Waals surface area contributed by atoms with Crippen LogP contribution >= 0.6 is 0 Å². The highest BCUT2D eigenvalue weighted by molar-refractivity contribution is 5.74. The van der Waals surface area contributed by atoms with E-state index in [0.29, 0.717) is 5.92 Å². The summed E-state index contributed by atoms with van der Waals surface area (Å²) in [6.07, 6.45) is 3.16. The molecule has 0 aromatic heterocycles. The first-order valence-electron chi connectivity index (χ1n) is 7.82. The lowest BCUT2D eigenvalue weighted by molar-refractivity contribution is -0.00395. The summed E-state index contributed by atoms with van der Waals surface area (Å²) in [6.45, 7) is 7.36. The Labute approximate surface area is 122 Å². The molecule has 2 aliphatic rings. The van der Waals surface area contributed by atoms with Crippen LogP contribution in [-0.4, -0.2) is 69.3 Å². The lowest BCUT2D eigenvalue weighted by Crippen LogP contribution is -2.42. The molecule has 1 N–H and O–H groups in total. The fraction of sp³-hybridized carbons (Fsp3) is 0.933. The van der Waals surface area contributed by atoms with E-state index in [-0.39, 0.29) is 11.4 Å². The molecule has 2 amide bonds. The molecule has 20 heavy (non-hydrogen) atoms. The van der Waals surface area contributed by atoms with Crippen molar-refractivity contribution >= 4 is 6.03 Å². The SMILES string of the molecule is CCCNC(=O)N1C[C@@H](CN(C)C)C2(CCOCC2)C1. The van der Waals surface area contributed by atoms with Crippen molar-refractivity contribution in [2.75, 3.05) is 53.5 Å². The van der Waals surface area contributed by atoms with E-state index in [1.165, 1.54) is 0 Å². The van der Waals surface area contributed by atoms with Crippen molar-refractivity contribution in [3.05, 3.63) is 0 Å². The average molecular weight is 283 g/mol. The molecule has 0 aromatic carbocycles. The van der Waals surface area contributed by atoms with Crippen LogP contribution in [0.5, 0.6) is 0 Å². The Hall–Kier alpha value is -0.810. The van der Waals surface area contributed by atoms with Crippen LogP contribution in [0.2, 0.25) is 0 Å². The van der Waals surface area contributed by atoms with Crippen LogP contribution in [0.4, 0.5) is 4.79 Å². The third-order valence-corrected chi connectivity index (χ3v) is 4.70. The molecule has 0 unspecified atom stereocenters. The van der Waals surface area contributed by atoms with Crippen LogP contribution in [0.25, 0.3) is 0 Å². The Kier molecular flexibility index (Phi) is 5.27. The molecule has 0 saturated carbocycles. The first kappa shape index (κ1) is 15.6. The molecule has 2 heterocycles. The van der Waals surface area contributed by atoms with Gasteiger partial charge in [-0.3, -0.25) is 0 Å². The van der Waals surface area contributed by atoms with Crippen molar-refractivity contribution in [2.45, 2.75) is 26.2 Å². The van der Waals surface area contributed by atoms with Gasteiger partial charge in [-0.25, -0.2) is 4.79 Å². The van der Waals surface area contributed by atoms with E-state index in [1.807, 2.05) is 4.90 Å². The molecule has 0 radical (unpaired) electrons. The summed E-state index contributed by atoms with van der Waals surface area (Å²) in [7, 11) is 4.24. The molecule has 0 bridgehead atoms. The van der Waals surface area contributed by atoms with Gasteiger partial charge in [0.15, 0.2) is 0 Å². The molecule has 5 heteroatoms. The standard InChI is InChI=1S/C15H29N3O2/c1-4-7-16-14(19)18-11-13(10-17(2)3)15(12-18)5-8-20-9-6-15/h13H,4-12H2,1-3H3,(H,16,19)/t13-/m1/s1. The van der Waals surface area contributed by atoms with Gasteiger partial charge in [0, 0.05) is 39.4 Å². The maximum absolute atomic E-state index is 12.2. The van der Waals surface area contributed by atoms with Gasteiger partial charge in [-0.15, -0.1) is 0 Å². The van der Waals surface area contributed by atoms with Crippen LogP contribution in [-0.2, 0) is 4.74 Å². The summed E-state index contributed by atoms with van der Waals surface area (Å²) in [5, 5.41) is 3.01. The van der Waals surface area contributed by atoms with Crippen LogP contribution in [0, 0.1) is 11.3 Å². The van der Waals surface area contributed by atoms with Crippen molar-refractivity contribution in [2.24, 2.45) is 11.3 Å². The van der Waals surface area contributed by atoms with E-state index in [2.05, 4.69) is 31.2 Å². The fourth-order valence-corrected chi connectivity index (χ4v) is 3.57. The van der Waals surface area contributed by atoms with Crippen LogP contribution in [0.15, 0.2) is 0 Å². The summed E-state index contributed by atoms with van der Waals surface area (Å²) in [5.74, 6) is 0.564. The summed E-state index contributed by atoms with van der Waals surface area (Å²) in [5.41, 5.74) is 0.270. The minimum atomic E-state index is 0.110. The van der Waals surface area contributed by atoms with E-state index in [4.69, 9.17) is 4.74 Å². The summed E-state index contributed by atoms with van der Waals surface area (Å²) < 4.78 is 5.54. The van der Waals surface area contributed by atoms with Gasteiger partial charge in [0.25, 0.3) is 0 Å². The number of amides is 2. The highest BCUT2D eigenvalue weighted by Gasteiger charge is 2.48. The maximum Gasteiger partial charge on any atom is 0.317 e. The average Bonchev–Trinajstić information content (AvgIpc) is 2.75. The molecular formula is C15H29N3O2. The van der Waals surface area contributed by atoms with E-state index in [0.717, 1.165) is 58.7 Å². The predicted molar refractivity (Wildman–Crippen MR) is 79.8 cm³/mol. The van der Waals surface area contributed by atoms with Crippen LogP contribution < -0.4 is 5.32 Å². The normalized spacial score (nSPS) is 25.4. The monoisotopic (exact) mass is 283 g/mol. The second-order valence-corrected chi connectivity index (χ2v) is 6.55. The molecule has 2 saturated heterocycles. The van der Waals surface area contributed by atoms with Gasteiger partial charge in [0.1, 0.15) is 0 Å². The Morgan fingerprint density at radius 1 is 1.40 bits per heavy atom. The van der Waals surface area contributed by atoms with Gasteiger partial charge in [0.05, 0.1) is 0 Å². The van der Waals surface area contributed by atoms with E-state index in [1.54, 1.807) is 0 Å². The van der Waals surface area contributed by atoms with Crippen molar-refractivity contribution < 1.29 is 9.53 Å². The van der Waals surface area contributed by atoms with Gasteiger partial charge < -0.3 is 19.9 Å². The molecular weight excluding hydrogens is 254 g/mol. The maximum atomic E-state index is 12.2. The molecule has 0 aromatic rings. The molecule has 5 nitrogen and oxygen atoms in total. The molecule has 0 aliphatic carbocycles. The fourth-order valence-electron chi connectivity index (χ4n) is 3.57. The molecule has 1 atom stereocenters.